The van der Waals surface area contributed by atoms with Gasteiger partial charge in [0.25, 0.3) is 5.91 Å². The summed E-state index contributed by atoms with van der Waals surface area (Å²) in [5.74, 6) is 0.572. The largest absolute Gasteiger partial charge is 0.380 e. The van der Waals surface area contributed by atoms with Crippen molar-refractivity contribution in [2.75, 3.05) is 7.11 Å². The number of methoxy groups -OCH3 is 1. The molecule has 2 aliphatic carbocycles. The van der Waals surface area contributed by atoms with E-state index in [4.69, 9.17) is 10.5 Å². The molecule has 1 aromatic carbocycles. The van der Waals surface area contributed by atoms with Crippen molar-refractivity contribution >= 4 is 27.3 Å². The van der Waals surface area contributed by atoms with E-state index in [0.717, 1.165) is 33.4 Å². The summed E-state index contributed by atoms with van der Waals surface area (Å²) in [5.41, 5.74) is 7.46. The number of benzene rings is 1. The predicted molar refractivity (Wildman–Crippen MR) is 102 cm³/mol. The normalized spacial score (nSPS) is 20.7. The Morgan fingerprint density at radius 1 is 1.36 bits per heavy atom. The molecule has 25 heavy (non-hydrogen) atoms. The minimum atomic E-state index is -0.174. The van der Waals surface area contributed by atoms with Gasteiger partial charge < -0.3 is 15.8 Å². The second kappa shape index (κ2) is 6.71. The van der Waals surface area contributed by atoms with Crippen LogP contribution in [0.3, 0.4) is 0 Å². The van der Waals surface area contributed by atoms with E-state index in [1.165, 1.54) is 25.7 Å². The quantitative estimate of drug-likeness (QED) is 0.825. The van der Waals surface area contributed by atoms with Crippen LogP contribution in [0.25, 0.3) is 10.1 Å². The van der Waals surface area contributed by atoms with Crippen LogP contribution in [-0.4, -0.2) is 24.6 Å². The van der Waals surface area contributed by atoms with Crippen molar-refractivity contribution in [2.45, 2.75) is 56.7 Å². The monoisotopic (exact) mass is 358 g/mol. The molecule has 0 aliphatic heterocycles. The number of hydrogen-bond donors (Lipinski definition) is 2. The molecule has 2 aliphatic rings. The SMILES string of the molecule is COCc1ccc2cc(C(=O)NC(C3CCCC3)C3(N)CC3)sc2c1. The van der Waals surface area contributed by atoms with Gasteiger partial charge in [-0.1, -0.05) is 25.0 Å². The average Bonchev–Trinajstić information content (AvgIpc) is 3.04. The zero-order chi connectivity index (χ0) is 17.4. The highest BCUT2D eigenvalue weighted by molar-refractivity contribution is 7.20. The Hall–Kier alpha value is -1.43. The van der Waals surface area contributed by atoms with Crippen molar-refractivity contribution in [3.8, 4) is 0 Å². The van der Waals surface area contributed by atoms with Crippen LogP contribution in [0, 0.1) is 5.92 Å². The lowest BCUT2D eigenvalue weighted by atomic mass is 9.90. The Labute approximate surface area is 152 Å². The topological polar surface area (TPSA) is 64.3 Å². The number of carbonyl (C=O) groups excluding carboxylic acids is 1. The van der Waals surface area contributed by atoms with E-state index < -0.39 is 0 Å². The number of nitrogens with two attached hydrogens (primary N) is 1. The molecule has 0 bridgehead atoms. The van der Waals surface area contributed by atoms with Crippen LogP contribution in [0.5, 0.6) is 0 Å². The molecule has 2 saturated carbocycles. The van der Waals surface area contributed by atoms with Crippen LogP contribution < -0.4 is 11.1 Å². The van der Waals surface area contributed by atoms with E-state index >= 15 is 0 Å². The molecule has 0 radical (unpaired) electrons. The van der Waals surface area contributed by atoms with Gasteiger partial charge in [-0.15, -0.1) is 11.3 Å². The number of amides is 1. The molecule has 0 spiro atoms. The fraction of sp³-hybridized carbons (Fsp3) is 0.550. The summed E-state index contributed by atoms with van der Waals surface area (Å²) in [6.07, 6.45) is 6.96. The summed E-state index contributed by atoms with van der Waals surface area (Å²) < 4.78 is 6.33. The Kier molecular flexibility index (Phi) is 4.56. The summed E-state index contributed by atoms with van der Waals surface area (Å²) in [7, 11) is 1.70. The highest BCUT2D eigenvalue weighted by Gasteiger charge is 2.50. The summed E-state index contributed by atoms with van der Waals surface area (Å²) in [6.45, 7) is 0.592. The highest BCUT2D eigenvalue weighted by Crippen LogP contribution is 2.43. The van der Waals surface area contributed by atoms with Gasteiger partial charge in [0.05, 0.1) is 11.5 Å². The molecule has 134 valence electrons. The molecule has 4 rings (SSSR count). The first kappa shape index (κ1) is 17.0. The fourth-order valence-electron chi connectivity index (χ4n) is 4.13. The number of nitrogens with one attached hydrogen (secondary N) is 1. The molecule has 4 nitrogen and oxygen atoms in total. The van der Waals surface area contributed by atoms with Gasteiger partial charge in [-0.25, -0.2) is 0 Å². The lowest BCUT2D eigenvalue weighted by Gasteiger charge is -2.30. The summed E-state index contributed by atoms with van der Waals surface area (Å²) in [6, 6.07) is 8.35. The van der Waals surface area contributed by atoms with E-state index in [0.29, 0.717) is 12.5 Å². The van der Waals surface area contributed by atoms with Crippen LogP contribution in [-0.2, 0) is 11.3 Å². The third-order valence-corrected chi connectivity index (χ3v) is 6.82. The minimum Gasteiger partial charge on any atom is -0.380 e. The first-order valence-electron chi connectivity index (χ1n) is 9.20. The van der Waals surface area contributed by atoms with Crippen molar-refractivity contribution in [1.82, 2.24) is 5.32 Å². The number of carbonyl (C=O) groups is 1. The van der Waals surface area contributed by atoms with Crippen LogP contribution >= 0.6 is 11.3 Å². The first-order chi connectivity index (χ1) is 12.1. The molecule has 3 N–H and O–H groups in total. The van der Waals surface area contributed by atoms with E-state index in [2.05, 4.69) is 23.5 Å². The molecule has 5 heteroatoms. The predicted octanol–water partition coefficient (Wildman–Crippen LogP) is 3.83. The standard InChI is InChI=1S/C20H26N2O2S/c1-24-12-13-6-7-15-11-17(25-16(15)10-13)19(23)22-18(20(21)8-9-20)14-4-2-3-5-14/h6-7,10-11,14,18H,2-5,8-9,12,21H2,1H3,(H,22,23). The molecule has 2 aromatic rings. The van der Waals surface area contributed by atoms with Gasteiger partial charge >= 0.3 is 0 Å². The number of fused-ring (bicyclic) bond motifs is 1. The van der Waals surface area contributed by atoms with Gasteiger partial charge in [0.15, 0.2) is 0 Å². The van der Waals surface area contributed by atoms with E-state index in [1.54, 1.807) is 18.4 Å². The van der Waals surface area contributed by atoms with Crippen molar-refractivity contribution in [2.24, 2.45) is 11.7 Å². The first-order valence-corrected chi connectivity index (χ1v) is 10.0. The third kappa shape index (κ3) is 3.46. The van der Waals surface area contributed by atoms with E-state index in [-0.39, 0.29) is 17.5 Å². The van der Waals surface area contributed by atoms with Crippen molar-refractivity contribution in [3.63, 3.8) is 0 Å². The van der Waals surface area contributed by atoms with Gasteiger partial charge in [0, 0.05) is 23.4 Å². The summed E-state index contributed by atoms with van der Waals surface area (Å²) in [5, 5.41) is 4.41. The molecule has 2 fully saturated rings. The van der Waals surface area contributed by atoms with Crippen molar-refractivity contribution in [1.29, 1.82) is 0 Å². The zero-order valence-electron chi connectivity index (χ0n) is 14.7. The molecule has 1 aromatic heterocycles. The maximum atomic E-state index is 12.9. The molecule has 1 amide bonds. The van der Waals surface area contributed by atoms with E-state index in [1.807, 2.05) is 6.07 Å². The highest BCUT2D eigenvalue weighted by atomic mass is 32.1. The molecule has 1 unspecified atom stereocenters. The molecule has 1 atom stereocenters. The third-order valence-electron chi connectivity index (χ3n) is 5.72. The maximum Gasteiger partial charge on any atom is 0.261 e. The molecule has 1 heterocycles. The van der Waals surface area contributed by atoms with Crippen molar-refractivity contribution < 1.29 is 9.53 Å². The number of thiophene rings is 1. The lowest BCUT2D eigenvalue weighted by Crippen LogP contribution is -2.53. The van der Waals surface area contributed by atoms with Gasteiger partial charge in [0.2, 0.25) is 0 Å². The van der Waals surface area contributed by atoms with Crippen LogP contribution in [0.1, 0.15) is 53.8 Å². The average molecular weight is 359 g/mol. The van der Waals surface area contributed by atoms with Gasteiger partial charge in [-0.05, 0) is 54.7 Å². The Morgan fingerprint density at radius 2 is 2.12 bits per heavy atom. The van der Waals surface area contributed by atoms with Gasteiger partial charge in [-0.3, -0.25) is 4.79 Å². The minimum absolute atomic E-state index is 0.0307. The summed E-state index contributed by atoms with van der Waals surface area (Å²) in [4.78, 5) is 13.7. The van der Waals surface area contributed by atoms with Crippen LogP contribution in [0.15, 0.2) is 24.3 Å². The van der Waals surface area contributed by atoms with Gasteiger partial charge in [-0.2, -0.15) is 0 Å². The Bertz CT molecular complexity index is 775. The number of rotatable bonds is 6. The number of hydrogen-bond acceptors (Lipinski definition) is 4. The zero-order valence-corrected chi connectivity index (χ0v) is 15.5. The van der Waals surface area contributed by atoms with Crippen LogP contribution in [0.2, 0.25) is 0 Å². The lowest BCUT2D eigenvalue weighted by molar-refractivity contribution is 0.0912. The number of ether oxygens (including phenoxy) is 1. The molecular formula is C20H26N2O2S. The smallest absolute Gasteiger partial charge is 0.261 e. The summed E-state index contributed by atoms with van der Waals surface area (Å²) >= 11 is 1.55. The second-order valence-electron chi connectivity index (χ2n) is 7.64. The van der Waals surface area contributed by atoms with Crippen molar-refractivity contribution in [3.05, 3.63) is 34.7 Å². The Morgan fingerprint density at radius 3 is 2.80 bits per heavy atom. The maximum absolute atomic E-state index is 12.9. The van der Waals surface area contributed by atoms with E-state index in [9.17, 15) is 4.79 Å². The van der Waals surface area contributed by atoms with Gasteiger partial charge in [0.1, 0.15) is 0 Å². The fourth-order valence-corrected chi connectivity index (χ4v) is 5.16. The molecule has 0 saturated heterocycles. The molecular weight excluding hydrogens is 332 g/mol. The second-order valence-corrected chi connectivity index (χ2v) is 8.73. The van der Waals surface area contributed by atoms with Crippen LogP contribution in [0.4, 0.5) is 0 Å². The Balaban J connectivity index is 1.54.